The maximum Gasteiger partial charge on any atom is 0.298 e. The van der Waals surface area contributed by atoms with Crippen molar-refractivity contribution in [3.05, 3.63) is 47.0 Å². The predicted molar refractivity (Wildman–Crippen MR) is 84.1 cm³/mol. The molecule has 0 aliphatic carbocycles. The van der Waals surface area contributed by atoms with Gasteiger partial charge >= 0.3 is 0 Å². The molecule has 0 unspecified atom stereocenters. The lowest BCUT2D eigenvalue weighted by Gasteiger charge is -2.33. The van der Waals surface area contributed by atoms with E-state index in [0.717, 1.165) is 17.3 Å². The Balaban J connectivity index is 1.61. The second-order valence-corrected chi connectivity index (χ2v) is 5.84. The Morgan fingerprint density at radius 2 is 2.00 bits per heavy atom. The highest BCUT2D eigenvalue weighted by atomic mass is 32.1. The number of aromatic nitrogens is 1. The van der Waals surface area contributed by atoms with E-state index in [0.29, 0.717) is 26.2 Å². The normalized spacial score (nSPS) is 14.3. The summed E-state index contributed by atoms with van der Waals surface area (Å²) in [7, 11) is 0. The standard InChI is InChI=1S/C16H13F2N3OS/c17-13-3-1-12(14(18)11-13)2-4-15(22)20-6-8-21(9-7-20)16-19-5-10-23-16/h1,3,5,10-11H,6-9H2. The molecule has 2 heterocycles. The molecular formula is C16H13F2N3OS. The number of thiazole rings is 1. The first-order valence-corrected chi connectivity index (χ1v) is 7.92. The van der Waals surface area contributed by atoms with Gasteiger partial charge in [-0.05, 0) is 12.1 Å². The van der Waals surface area contributed by atoms with E-state index in [1.54, 1.807) is 22.4 Å². The molecule has 1 aliphatic rings. The molecule has 118 valence electrons. The van der Waals surface area contributed by atoms with E-state index in [2.05, 4.69) is 21.7 Å². The lowest BCUT2D eigenvalue weighted by atomic mass is 10.2. The highest BCUT2D eigenvalue weighted by Gasteiger charge is 2.21. The summed E-state index contributed by atoms with van der Waals surface area (Å²) in [5.74, 6) is 3.10. The number of hydrogen-bond acceptors (Lipinski definition) is 4. The van der Waals surface area contributed by atoms with Crippen molar-refractivity contribution in [1.82, 2.24) is 9.88 Å². The van der Waals surface area contributed by atoms with E-state index in [1.807, 2.05) is 5.38 Å². The monoisotopic (exact) mass is 333 g/mol. The van der Waals surface area contributed by atoms with E-state index < -0.39 is 11.6 Å². The minimum Gasteiger partial charge on any atom is -0.345 e. The van der Waals surface area contributed by atoms with E-state index in [4.69, 9.17) is 0 Å². The fraction of sp³-hybridized carbons (Fsp3) is 0.250. The largest absolute Gasteiger partial charge is 0.345 e. The molecule has 1 amide bonds. The van der Waals surface area contributed by atoms with Gasteiger partial charge in [-0.2, -0.15) is 0 Å². The van der Waals surface area contributed by atoms with E-state index >= 15 is 0 Å². The molecule has 4 nitrogen and oxygen atoms in total. The molecule has 0 radical (unpaired) electrons. The Bertz CT molecular complexity index is 759. The van der Waals surface area contributed by atoms with Gasteiger partial charge in [0.1, 0.15) is 11.6 Å². The van der Waals surface area contributed by atoms with Crippen LogP contribution in [0.3, 0.4) is 0 Å². The van der Waals surface area contributed by atoms with Crippen molar-refractivity contribution in [2.45, 2.75) is 0 Å². The van der Waals surface area contributed by atoms with Gasteiger partial charge in [0, 0.05) is 49.7 Å². The van der Waals surface area contributed by atoms with Crippen molar-refractivity contribution in [3.63, 3.8) is 0 Å². The quantitative estimate of drug-likeness (QED) is 0.750. The fourth-order valence-corrected chi connectivity index (χ4v) is 2.96. The molecular weight excluding hydrogens is 320 g/mol. The second-order valence-electron chi connectivity index (χ2n) is 4.97. The van der Waals surface area contributed by atoms with Crippen molar-refractivity contribution >= 4 is 22.4 Å². The van der Waals surface area contributed by atoms with Gasteiger partial charge in [0.15, 0.2) is 5.13 Å². The Kier molecular flexibility index (Phi) is 4.53. The first kappa shape index (κ1) is 15.4. The molecule has 0 saturated carbocycles. The number of piperazine rings is 1. The number of hydrogen-bond donors (Lipinski definition) is 0. The number of amides is 1. The topological polar surface area (TPSA) is 36.4 Å². The molecule has 7 heteroatoms. The van der Waals surface area contributed by atoms with Crippen LogP contribution in [0.25, 0.3) is 0 Å². The Morgan fingerprint density at radius 3 is 2.65 bits per heavy atom. The summed E-state index contributed by atoms with van der Waals surface area (Å²) in [6, 6.07) is 3.09. The maximum absolute atomic E-state index is 13.5. The number of rotatable bonds is 1. The molecule has 0 bridgehead atoms. The van der Waals surface area contributed by atoms with Gasteiger partial charge in [0.05, 0.1) is 5.56 Å². The Hall–Kier alpha value is -2.46. The van der Waals surface area contributed by atoms with Crippen molar-refractivity contribution in [2.24, 2.45) is 0 Å². The molecule has 3 rings (SSSR count). The molecule has 1 aromatic heterocycles. The SMILES string of the molecule is O=C(C#Cc1ccc(F)cc1F)N1CCN(c2nccs2)CC1. The number of nitrogens with zero attached hydrogens (tertiary/aromatic N) is 3. The van der Waals surface area contributed by atoms with Gasteiger partial charge < -0.3 is 9.80 Å². The fourth-order valence-electron chi connectivity index (χ4n) is 2.26. The summed E-state index contributed by atoms with van der Waals surface area (Å²) in [6.45, 7) is 2.45. The van der Waals surface area contributed by atoms with Gasteiger partial charge in [0.2, 0.25) is 0 Å². The summed E-state index contributed by atoms with van der Waals surface area (Å²) in [6.07, 6.45) is 1.75. The van der Waals surface area contributed by atoms with Crippen LogP contribution in [0.2, 0.25) is 0 Å². The minimum absolute atomic E-state index is 0.0150. The van der Waals surface area contributed by atoms with Gasteiger partial charge in [-0.25, -0.2) is 13.8 Å². The molecule has 2 aromatic rings. The van der Waals surface area contributed by atoms with Crippen LogP contribution in [0.5, 0.6) is 0 Å². The van der Waals surface area contributed by atoms with Crippen molar-refractivity contribution < 1.29 is 13.6 Å². The molecule has 1 fully saturated rings. The molecule has 1 aromatic carbocycles. The zero-order chi connectivity index (χ0) is 16.2. The third-order valence-electron chi connectivity index (χ3n) is 3.49. The number of carbonyl (C=O) groups excluding carboxylic acids is 1. The summed E-state index contributed by atoms with van der Waals surface area (Å²) in [4.78, 5) is 20.0. The number of carbonyl (C=O) groups is 1. The molecule has 1 aliphatic heterocycles. The predicted octanol–water partition coefficient (Wildman–Crippen LogP) is 2.12. The average molecular weight is 333 g/mol. The van der Waals surface area contributed by atoms with Crippen LogP contribution < -0.4 is 4.90 Å². The third-order valence-corrected chi connectivity index (χ3v) is 4.32. The van der Waals surface area contributed by atoms with Crippen LogP contribution in [0, 0.1) is 23.5 Å². The summed E-state index contributed by atoms with van der Waals surface area (Å²) in [5.41, 5.74) is 0.0150. The van der Waals surface area contributed by atoms with E-state index in [-0.39, 0.29) is 11.5 Å². The van der Waals surface area contributed by atoms with Gasteiger partial charge in [-0.15, -0.1) is 11.3 Å². The Morgan fingerprint density at radius 1 is 1.22 bits per heavy atom. The maximum atomic E-state index is 13.5. The van der Waals surface area contributed by atoms with Gasteiger partial charge in [-0.1, -0.05) is 5.92 Å². The van der Waals surface area contributed by atoms with E-state index in [9.17, 15) is 13.6 Å². The molecule has 0 spiro atoms. The van der Waals surface area contributed by atoms with Crippen molar-refractivity contribution in [2.75, 3.05) is 31.1 Å². The summed E-state index contributed by atoms with van der Waals surface area (Å²) < 4.78 is 26.3. The van der Waals surface area contributed by atoms with Crippen molar-refractivity contribution in [3.8, 4) is 11.8 Å². The van der Waals surface area contributed by atoms with Crippen LogP contribution >= 0.6 is 11.3 Å². The molecule has 1 saturated heterocycles. The summed E-state index contributed by atoms with van der Waals surface area (Å²) >= 11 is 1.56. The van der Waals surface area contributed by atoms with Gasteiger partial charge in [-0.3, -0.25) is 4.79 Å². The van der Waals surface area contributed by atoms with Crippen molar-refractivity contribution in [1.29, 1.82) is 0 Å². The average Bonchev–Trinajstić information content (AvgIpc) is 3.08. The molecule has 0 N–H and O–H groups in total. The van der Waals surface area contributed by atoms with Crippen LogP contribution in [0.1, 0.15) is 5.56 Å². The zero-order valence-electron chi connectivity index (χ0n) is 12.1. The second kappa shape index (κ2) is 6.75. The van der Waals surface area contributed by atoms with Crippen LogP contribution in [0.4, 0.5) is 13.9 Å². The van der Waals surface area contributed by atoms with Gasteiger partial charge in [0.25, 0.3) is 5.91 Å². The number of halogens is 2. The Labute approximate surface area is 136 Å². The highest BCUT2D eigenvalue weighted by Crippen LogP contribution is 2.18. The first-order valence-electron chi connectivity index (χ1n) is 7.04. The lowest BCUT2D eigenvalue weighted by Crippen LogP contribution is -2.48. The van der Waals surface area contributed by atoms with E-state index in [1.165, 1.54) is 6.07 Å². The zero-order valence-corrected chi connectivity index (χ0v) is 12.9. The third kappa shape index (κ3) is 3.66. The first-order chi connectivity index (χ1) is 11.1. The molecule has 0 atom stereocenters. The van der Waals surface area contributed by atoms with Crippen LogP contribution in [-0.4, -0.2) is 42.0 Å². The van der Waals surface area contributed by atoms with Crippen LogP contribution in [0.15, 0.2) is 29.8 Å². The lowest BCUT2D eigenvalue weighted by molar-refractivity contribution is -0.125. The number of anilines is 1. The molecule has 23 heavy (non-hydrogen) atoms. The summed E-state index contributed by atoms with van der Waals surface area (Å²) in [5, 5.41) is 2.85. The number of benzene rings is 1. The smallest absolute Gasteiger partial charge is 0.298 e. The highest BCUT2D eigenvalue weighted by molar-refractivity contribution is 7.13. The van der Waals surface area contributed by atoms with Crippen LogP contribution in [-0.2, 0) is 4.79 Å². The minimum atomic E-state index is -0.765.